The topological polar surface area (TPSA) is 42.7 Å². The fourth-order valence-electron chi connectivity index (χ4n) is 1.70. The highest BCUT2D eigenvalue weighted by Crippen LogP contribution is 2.32. The van der Waals surface area contributed by atoms with Crippen molar-refractivity contribution in [1.29, 1.82) is 0 Å². The highest BCUT2D eigenvalue weighted by molar-refractivity contribution is 7.22. The van der Waals surface area contributed by atoms with Crippen LogP contribution in [0.1, 0.15) is 5.69 Å². The molecule has 1 N–H and O–H groups in total. The molecule has 4 nitrogen and oxygen atoms in total. The van der Waals surface area contributed by atoms with Crippen LogP contribution >= 0.6 is 22.9 Å². The zero-order chi connectivity index (χ0) is 12.7. The first-order chi connectivity index (χ1) is 8.63. The number of benzene rings is 1. The van der Waals surface area contributed by atoms with E-state index in [4.69, 9.17) is 11.6 Å². The molecule has 0 unspecified atom stereocenters. The van der Waals surface area contributed by atoms with Crippen molar-refractivity contribution in [3.05, 3.63) is 35.0 Å². The van der Waals surface area contributed by atoms with Gasteiger partial charge in [0.15, 0.2) is 10.9 Å². The SMILES string of the molecule is Cc1cc(Nc2nc3cccc(Cl)c3s2)nn1C. The van der Waals surface area contributed by atoms with E-state index >= 15 is 0 Å². The molecule has 2 aromatic heterocycles. The van der Waals surface area contributed by atoms with Crippen molar-refractivity contribution >= 4 is 44.1 Å². The lowest BCUT2D eigenvalue weighted by Crippen LogP contribution is -1.94. The second-order valence-electron chi connectivity index (χ2n) is 4.03. The number of hydrogen-bond acceptors (Lipinski definition) is 4. The van der Waals surface area contributed by atoms with Crippen molar-refractivity contribution in [2.75, 3.05) is 5.32 Å². The minimum Gasteiger partial charge on any atom is -0.315 e. The van der Waals surface area contributed by atoms with Gasteiger partial charge in [-0.15, -0.1) is 0 Å². The van der Waals surface area contributed by atoms with Gasteiger partial charge >= 0.3 is 0 Å². The Balaban J connectivity index is 1.97. The third kappa shape index (κ3) is 1.95. The molecule has 0 aliphatic heterocycles. The Labute approximate surface area is 113 Å². The van der Waals surface area contributed by atoms with Crippen LogP contribution in [0.15, 0.2) is 24.3 Å². The molecule has 0 bridgehead atoms. The standard InChI is InChI=1S/C12H11ClN4S/c1-7-6-10(16-17(7)2)15-12-14-9-5-3-4-8(13)11(9)18-12/h3-6H,1-2H3,(H,14,15,16). The lowest BCUT2D eigenvalue weighted by Gasteiger charge is -1.94. The Morgan fingerprint density at radius 2 is 2.22 bits per heavy atom. The van der Waals surface area contributed by atoms with Crippen LogP contribution in [0.2, 0.25) is 5.02 Å². The van der Waals surface area contributed by atoms with Crippen LogP contribution in [0.25, 0.3) is 10.2 Å². The van der Waals surface area contributed by atoms with E-state index in [0.29, 0.717) is 0 Å². The van der Waals surface area contributed by atoms with Crippen LogP contribution < -0.4 is 5.32 Å². The maximum Gasteiger partial charge on any atom is 0.189 e. The van der Waals surface area contributed by atoms with Gasteiger partial charge in [-0.1, -0.05) is 29.0 Å². The van der Waals surface area contributed by atoms with E-state index in [1.807, 2.05) is 42.9 Å². The molecule has 0 fully saturated rings. The van der Waals surface area contributed by atoms with Crippen LogP contribution in [-0.4, -0.2) is 14.8 Å². The van der Waals surface area contributed by atoms with E-state index < -0.39 is 0 Å². The number of anilines is 2. The molecular formula is C12H11ClN4S. The summed E-state index contributed by atoms with van der Waals surface area (Å²) in [6, 6.07) is 7.70. The molecule has 0 amide bonds. The van der Waals surface area contributed by atoms with Gasteiger partial charge in [-0.25, -0.2) is 4.98 Å². The van der Waals surface area contributed by atoms with Crippen molar-refractivity contribution < 1.29 is 0 Å². The summed E-state index contributed by atoms with van der Waals surface area (Å²) in [5.41, 5.74) is 2.00. The first kappa shape index (κ1) is 11.5. The van der Waals surface area contributed by atoms with Crippen molar-refractivity contribution in [3.63, 3.8) is 0 Å². The molecule has 2 heterocycles. The summed E-state index contributed by atoms with van der Waals surface area (Å²) in [6.07, 6.45) is 0. The molecule has 0 atom stereocenters. The molecular weight excluding hydrogens is 268 g/mol. The van der Waals surface area contributed by atoms with Gasteiger partial charge in [0.25, 0.3) is 0 Å². The number of aromatic nitrogens is 3. The van der Waals surface area contributed by atoms with Crippen molar-refractivity contribution in [2.45, 2.75) is 6.92 Å². The van der Waals surface area contributed by atoms with E-state index in [-0.39, 0.29) is 0 Å². The molecule has 0 saturated heterocycles. The minimum absolute atomic E-state index is 0.732. The molecule has 0 spiro atoms. The molecule has 1 aromatic carbocycles. The third-order valence-electron chi connectivity index (χ3n) is 2.72. The average Bonchev–Trinajstić information content (AvgIpc) is 2.85. The summed E-state index contributed by atoms with van der Waals surface area (Å²) in [5, 5.41) is 9.07. The summed E-state index contributed by atoms with van der Waals surface area (Å²) >= 11 is 7.66. The van der Waals surface area contributed by atoms with Crippen molar-refractivity contribution in [3.8, 4) is 0 Å². The molecule has 92 valence electrons. The summed E-state index contributed by atoms with van der Waals surface area (Å²) < 4.78 is 2.82. The Bertz CT molecular complexity index is 697. The molecule has 18 heavy (non-hydrogen) atoms. The predicted molar refractivity (Wildman–Crippen MR) is 75.9 cm³/mol. The first-order valence-electron chi connectivity index (χ1n) is 5.46. The number of nitrogens with one attached hydrogen (secondary N) is 1. The second-order valence-corrected chi connectivity index (χ2v) is 5.43. The Morgan fingerprint density at radius 3 is 2.89 bits per heavy atom. The van der Waals surface area contributed by atoms with E-state index in [1.165, 1.54) is 11.3 Å². The van der Waals surface area contributed by atoms with E-state index in [1.54, 1.807) is 0 Å². The van der Waals surface area contributed by atoms with Gasteiger partial charge in [-0.05, 0) is 19.1 Å². The number of aryl methyl sites for hydroxylation is 2. The average molecular weight is 279 g/mol. The van der Waals surface area contributed by atoms with Crippen LogP contribution in [-0.2, 0) is 7.05 Å². The van der Waals surface area contributed by atoms with E-state index in [9.17, 15) is 0 Å². The van der Waals surface area contributed by atoms with E-state index in [0.717, 1.165) is 31.9 Å². The van der Waals surface area contributed by atoms with Gasteiger partial charge in [0.05, 0.1) is 15.2 Å². The monoisotopic (exact) mass is 278 g/mol. The third-order valence-corrected chi connectivity index (χ3v) is 4.16. The van der Waals surface area contributed by atoms with Crippen LogP contribution in [0.3, 0.4) is 0 Å². The van der Waals surface area contributed by atoms with E-state index in [2.05, 4.69) is 15.4 Å². The summed E-state index contributed by atoms with van der Waals surface area (Å²) in [5.74, 6) is 0.796. The molecule has 0 radical (unpaired) electrons. The van der Waals surface area contributed by atoms with Crippen molar-refractivity contribution in [1.82, 2.24) is 14.8 Å². The molecule has 0 aliphatic carbocycles. The Hall–Kier alpha value is -1.59. The van der Waals surface area contributed by atoms with Crippen LogP contribution in [0.5, 0.6) is 0 Å². The lowest BCUT2D eigenvalue weighted by atomic mass is 10.3. The zero-order valence-corrected chi connectivity index (χ0v) is 11.5. The maximum absolute atomic E-state index is 6.13. The van der Waals surface area contributed by atoms with Crippen molar-refractivity contribution in [2.24, 2.45) is 7.05 Å². The second kappa shape index (κ2) is 4.26. The van der Waals surface area contributed by atoms with Crippen LogP contribution in [0.4, 0.5) is 10.9 Å². The smallest absolute Gasteiger partial charge is 0.189 e. The van der Waals surface area contributed by atoms with Gasteiger partial charge in [0.2, 0.25) is 0 Å². The first-order valence-corrected chi connectivity index (χ1v) is 6.65. The highest BCUT2D eigenvalue weighted by atomic mass is 35.5. The Kier molecular flexibility index (Phi) is 2.72. The predicted octanol–water partition coefficient (Wildman–Crippen LogP) is 3.74. The maximum atomic E-state index is 6.13. The molecule has 6 heteroatoms. The number of thiazole rings is 1. The Morgan fingerprint density at radius 1 is 1.39 bits per heavy atom. The zero-order valence-electron chi connectivity index (χ0n) is 9.94. The number of rotatable bonds is 2. The van der Waals surface area contributed by atoms with Gasteiger partial charge in [-0.2, -0.15) is 5.10 Å². The summed E-state index contributed by atoms with van der Waals surface area (Å²) in [7, 11) is 1.91. The minimum atomic E-state index is 0.732. The number of hydrogen-bond donors (Lipinski definition) is 1. The highest BCUT2D eigenvalue weighted by Gasteiger charge is 2.08. The molecule has 0 aliphatic rings. The normalized spacial score (nSPS) is 11.1. The molecule has 0 saturated carbocycles. The van der Waals surface area contributed by atoms with Gasteiger partial charge in [0, 0.05) is 18.8 Å². The molecule has 3 aromatic rings. The van der Waals surface area contributed by atoms with Gasteiger partial charge in [-0.3, -0.25) is 4.68 Å². The number of halogens is 1. The van der Waals surface area contributed by atoms with Gasteiger partial charge in [0.1, 0.15) is 0 Å². The lowest BCUT2D eigenvalue weighted by molar-refractivity contribution is 0.743. The van der Waals surface area contributed by atoms with Crippen LogP contribution in [0, 0.1) is 6.92 Å². The summed E-state index contributed by atoms with van der Waals surface area (Å²) in [6.45, 7) is 2.01. The fraction of sp³-hybridized carbons (Fsp3) is 0.167. The quantitative estimate of drug-likeness (QED) is 0.777. The summed E-state index contributed by atoms with van der Waals surface area (Å²) in [4.78, 5) is 4.48. The molecule has 3 rings (SSSR count). The number of fused-ring (bicyclic) bond motifs is 1. The fourth-order valence-corrected chi connectivity index (χ4v) is 2.86. The number of nitrogens with zero attached hydrogens (tertiary/aromatic N) is 3. The van der Waals surface area contributed by atoms with Gasteiger partial charge < -0.3 is 5.32 Å². The largest absolute Gasteiger partial charge is 0.315 e.